The minimum absolute atomic E-state index is 0.0476. The summed E-state index contributed by atoms with van der Waals surface area (Å²) in [6.07, 6.45) is 2.73. The molecule has 2 aromatic carbocycles. The molecular weight excluding hydrogens is 394 g/mol. The van der Waals surface area contributed by atoms with Gasteiger partial charge in [0, 0.05) is 12.1 Å². The Bertz CT molecular complexity index is 1010. The summed E-state index contributed by atoms with van der Waals surface area (Å²) in [5.74, 6) is 0.815. The van der Waals surface area contributed by atoms with Gasteiger partial charge < -0.3 is 10.7 Å². The average molecular weight is 422 g/mol. The molecule has 2 heterocycles. The average Bonchev–Trinajstić information content (AvgIpc) is 3.21. The molecule has 0 radical (unpaired) electrons. The lowest BCUT2D eigenvalue weighted by Crippen LogP contribution is -2.41. The first kappa shape index (κ1) is 20.5. The maximum atomic E-state index is 13.3. The number of benzene rings is 2. The molecule has 0 spiro atoms. The van der Waals surface area contributed by atoms with Crippen LogP contribution in [0.1, 0.15) is 49.3 Å². The Morgan fingerprint density at radius 2 is 1.60 bits per heavy atom. The van der Waals surface area contributed by atoms with Crippen LogP contribution in [-0.4, -0.2) is 26.0 Å². The van der Waals surface area contributed by atoms with E-state index in [4.69, 9.17) is 0 Å². The highest BCUT2D eigenvalue weighted by Gasteiger charge is 2.37. The van der Waals surface area contributed by atoms with Gasteiger partial charge in [-0.2, -0.15) is 0 Å². The van der Waals surface area contributed by atoms with Gasteiger partial charge in [-0.1, -0.05) is 68.9 Å². The fraction of sp³-hybridized carbons (Fsp3) is 0.348. The van der Waals surface area contributed by atoms with Gasteiger partial charge in [0.25, 0.3) is 0 Å². The number of aromatic nitrogens is 3. The lowest BCUT2D eigenvalue weighted by atomic mass is 10.0. The molecule has 3 aromatic rings. The molecule has 1 amide bonds. The van der Waals surface area contributed by atoms with Crippen molar-refractivity contribution in [1.29, 1.82) is 0 Å². The minimum Gasteiger partial charge on any atom is -0.325 e. The topological polar surface area (TPSA) is 71.8 Å². The number of thioether (sulfide) groups is 1. The van der Waals surface area contributed by atoms with Gasteiger partial charge in [-0.3, -0.25) is 4.79 Å². The Balaban J connectivity index is 1.63. The standard InChI is InChI=1S/C23H27N5OS/c1-4-15-7-11-17(12-8-15)20-21(30-23-26-25-19(6-3)28(23)27-20)22(29)24-18-13-9-16(5-2)10-14-18/h7-14,20-21,27H,4-6H2,1-3H3,(H,24,29)/t20-,21+/m0/s1. The van der Waals surface area contributed by atoms with Crippen LogP contribution in [0.25, 0.3) is 0 Å². The fourth-order valence-electron chi connectivity index (χ4n) is 3.58. The molecule has 4 rings (SSSR count). The second kappa shape index (κ2) is 8.92. The number of amides is 1. The molecule has 1 aromatic heterocycles. The zero-order chi connectivity index (χ0) is 21.1. The van der Waals surface area contributed by atoms with Gasteiger partial charge in [-0.15, -0.1) is 10.2 Å². The first-order chi connectivity index (χ1) is 14.6. The van der Waals surface area contributed by atoms with E-state index in [0.717, 1.165) is 41.5 Å². The number of carbonyl (C=O) groups excluding carboxylic acids is 1. The number of aryl methyl sites for hydroxylation is 3. The SMILES string of the molecule is CCc1ccc(NC(=O)[C@@H]2Sc3nnc(CC)n3N[C@H]2c2ccc(CC)cc2)cc1. The van der Waals surface area contributed by atoms with Crippen LogP contribution in [0, 0.1) is 0 Å². The van der Waals surface area contributed by atoms with Crippen molar-refractivity contribution in [2.45, 2.75) is 56.5 Å². The molecule has 0 aliphatic carbocycles. The van der Waals surface area contributed by atoms with Crippen molar-refractivity contribution in [2.24, 2.45) is 0 Å². The van der Waals surface area contributed by atoms with Crippen LogP contribution < -0.4 is 10.7 Å². The Hall–Kier alpha value is -2.80. The second-order valence-corrected chi connectivity index (χ2v) is 8.48. The molecule has 0 saturated carbocycles. The largest absolute Gasteiger partial charge is 0.325 e. The van der Waals surface area contributed by atoms with Gasteiger partial charge in [0.1, 0.15) is 5.25 Å². The maximum Gasteiger partial charge on any atom is 0.240 e. The Labute approximate surface area is 181 Å². The first-order valence-electron chi connectivity index (χ1n) is 10.5. The van der Waals surface area contributed by atoms with Crippen molar-refractivity contribution in [1.82, 2.24) is 14.9 Å². The van der Waals surface area contributed by atoms with Crippen LogP contribution in [0.3, 0.4) is 0 Å². The number of hydrogen-bond acceptors (Lipinski definition) is 5. The van der Waals surface area contributed by atoms with Crippen LogP contribution in [0.5, 0.6) is 0 Å². The molecule has 0 bridgehead atoms. The summed E-state index contributed by atoms with van der Waals surface area (Å²) in [4.78, 5) is 13.3. The number of nitrogens with one attached hydrogen (secondary N) is 2. The molecule has 7 heteroatoms. The van der Waals surface area contributed by atoms with Crippen molar-refractivity contribution in [3.63, 3.8) is 0 Å². The predicted octanol–water partition coefficient (Wildman–Crippen LogP) is 4.36. The highest BCUT2D eigenvalue weighted by atomic mass is 32.2. The van der Waals surface area contributed by atoms with Crippen molar-refractivity contribution < 1.29 is 4.79 Å². The van der Waals surface area contributed by atoms with E-state index < -0.39 is 0 Å². The Kier molecular flexibility index (Phi) is 6.08. The normalized spacial score (nSPS) is 17.8. The molecule has 30 heavy (non-hydrogen) atoms. The molecule has 0 fully saturated rings. The summed E-state index contributed by atoms with van der Waals surface area (Å²) in [5, 5.41) is 12.0. The Morgan fingerprint density at radius 1 is 0.967 bits per heavy atom. The Morgan fingerprint density at radius 3 is 2.20 bits per heavy atom. The first-order valence-corrected chi connectivity index (χ1v) is 11.4. The minimum atomic E-state index is -0.371. The summed E-state index contributed by atoms with van der Waals surface area (Å²) in [7, 11) is 0. The van der Waals surface area contributed by atoms with Crippen LogP contribution in [0.2, 0.25) is 0 Å². The number of hydrogen-bond donors (Lipinski definition) is 2. The third-order valence-corrected chi connectivity index (χ3v) is 6.67. The van der Waals surface area contributed by atoms with Gasteiger partial charge in [-0.25, -0.2) is 4.68 Å². The van der Waals surface area contributed by atoms with Crippen LogP contribution >= 0.6 is 11.8 Å². The highest BCUT2D eigenvalue weighted by Crippen LogP contribution is 2.37. The van der Waals surface area contributed by atoms with E-state index in [0.29, 0.717) is 0 Å². The number of fused-ring (bicyclic) bond motifs is 1. The number of carbonyl (C=O) groups is 1. The van der Waals surface area contributed by atoms with Crippen molar-refractivity contribution >= 4 is 23.4 Å². The third-order valence-electron chi connectivity index (χ3n) is 5.46. The molecule has 2 N–H and O–H groups in total. The molecule has 6 nitrogen and oxygen atoms in total. The van der Waals surface area contributed by atoms with Crippen molar-refractivity contribution in [3.05, 3.63) is 71.0 Å². The lowest BCUT2D eigenvalue weighted by Gasteiger charge is -2.33. The lowest BCUT2D eigenvalue weighted by molar-refractivity contribution is -0.116. The van der Waals surface area contributed by atoms with Crippen molar-refractivity contribution in [2.75, 3.05) is 10.7 Å². The number of rotatable bonds is 6. The molecule has 1 aliphatic heterocycles. The zero-order valence-electron chi connectivity index (χ0n) is 17.6. The molecule has 156 valence electrons. The molecule has 1 aliphatic rings. The van der Waals surface area contributed by atoms with E-state index in [9.17, 15) is 4.79 Å². The molecule has 0 unspecified atom stereocenters. The number of anilines is 1. The van der Waals surface area contributed by atoms with Crippen LogP contribution in [0.4, 0.5) is 5.69 Å². The van der Waals surface area contributed by atoms with E-state index >= 15 is 0 Å². The fourth-order valence-corrected chi connectivity index (χ4v) is 4.67. The summed E-state index contributed by atoms with van der Waals surface area (Å²) in [6.45, 7) is 6.31. The molecule has 0 saturated heterocycles. The van der Waals surface area contributed by atoms with Crippen molar-refractivity contribution in [3.8, 4) is 0 Å². The van der Waals surface area contributed by atoms with E-state index in [1.54, 1.807) is 0 Å². The summed E-state index contributed by atoms with van der Waals surface area (Å²) in [6, 6.07) is 16.3. The van der Waals surface area contributed by atoms with Gasteiger partial charge >= 0.3 is 0 Å². The van der Waals surface area contributed by atoms with Gasteiger partial charge in [0.2, 0.25) is 11.1 Å². The summed E-state index contributed by atoms with van der Waals surface area (Å²) >= 11 is 1.46. The third kappa shape index (κ3) is 4.07. The van der Waals surface area contributed by atoms with E-state index in [1.807, 2.05) is 35.9 Å². The number of nitrogens with zero attached hydrogens (tertiary/aromatic N) is 3. The zero-order valence-corrected chi connectivity index (χ0v) is 18.4. The van der Waals surface area contributed by atoms with Gasteiger partial charge in [0.05, 0.1) is 6.04 Å². The summed E-state index contributed by atoms with van der Waals surface area (Å²) in [5.41, 5.74) is 7.89. The van der Waals surface area contributed by atoms with E-state index in [2.05, 4.69) is 59.1 Å². The van der Waals surface area contributed by atoms with Crippen LogP contribution in [-0.2, 0) is 24.1 Å². The second-order valence-electron chi connectivity index (χ2n) is 7.37. The van der Waals surface area contributed by atoms with Gasteiger partial charge in [0.15, 0.2) is 5.82 Å². The van der Waals surface area contributed by atoms with E-state index in [-0.39, 0.29) is 17.2 Å². The quantitative estimate of drug-likeness (QED) is 0.619. The molecule has 2 atom stereocenters. The van der Waals surface area contributed by atoms with Gasteiger partial charge in [-0.05, 0) is 41.7 Å². The monoisotopic (exact) mass is 421 g/mol. The molecular formula is C23H27N5OS. The summed E-state index contributed by atoms with van der Waals surface area (Å²) < 4.78 is 1.92. The van der Waals surface area contributed by atoms with Crippen LogP contribution in [0.15, 0.2) is 53.7 Å². The highest BCUT2D eigenvalue weighted by molar-refractivity contribution is 8.00. The predicted molar refractivity (Wildman–Crippen MR) is 121 cm³/mol. The smallest absolute Gasteiger partial charge is 0.240 e. The maximum absolute atomic E-state index is 13.3. The van der Waals surface area contributed by atoms with E-state index in [1.165, 1.54) is 22.9 Å².